The van der Waals surface area contributed by atoms with E-state index in [1.165, 1.54) is 13.2 Å². The average Bonchev–Trinajstić information content (AvgIpc) is 2.43. The van der Waals surface area contributed by atoms with Gasteiger partial charge in [0.05, 0.1) is 26.5 Å². The molecule has 0 radical (unpaired) electrons. The Morgan fingerprint density at radius 3 is 2.70 bits per heavy atom. The summed E-state index contributed by atoms with van der Waals surface area (Å²) in [7, 11) is -0.957. The molecule has 1 unspecified atom stereocenters. The van der Waals surface area contributed by atoms with E-state index < -0.39 is 9.73 Å². The van der Waals surface area contributed by atoms with Crippen LogP contribution in [-0.2, 0) is 9.73 Å². The van der Waals surface area contributed by atoms with Crippen LogP contribution in [0.5, 0.6) is 0 Å². The lowest BCUT2D eigenvalue weighted by atomic mass is 10.3. The highest BCUT2D eigenvalue weighted by Crippen LogP contribution is 2.28. The first-order valence-electron chi connectivity index (χ1n) is 5.58. The highest BCUT2D eigenvalue weighted by molar-refractivity contribution is 7.93. The Morgan fingerprint density at radius 1 is 1.30 bits per heavy atom. The van der Waals surface area contributed by atoms with Crippen LogP contribution in [0.1, 0.15) is 0 Å². The van der Waals surface area contributed by atoms with Crippen molar-refractivity contribution in [1.82, 2.24) is 9.97 Å². The van der Waals surface area contributed by atoms with Gasteiger partial charge in [0.1, 0.15) is 5.02 Å². The maximum Gasteiger partial charge on any atom is 0.224 e. The molecule has 0 aliphatic rings. The van der Waals surface area contributed by atoms with E-state index in [0.29, 0.717) is 21.4 Å². The second-order valence-electron chi connectivity index (χ2n) is 3.94. The summed E-state index contributed by atoms with van der Waals surface area (Å²) in [6, 6.07) is 7.13. The molecular formula is C12H12Cl2N4OS. The van der Waals surface area contributed by atoms with Crippen LogP contribution < -0.4 is 5.32 Å². The van der Waals surface area contributed by atoms with Gasteiger partial charge in [0.15, 0.2) is 5.82 Å². The predicted octanol–water partition coefficient (Wildman–Crippen LogP) is 3.61. The van der Waals surface area contributed by atoms with Crippen LogP contribution in [-0.4, -0.2) is 27.5 Å². The van der Waals surface area contributed by atoms with E-state index in [0.717, 1.165) is 0 Å². The van der Waals surface area contributed by atoms with Crippen molar-refractivity contribution in [1.29, 1.82) is 0 Å². The summed E-state index contributed by atoms with van der Waals surface area (Å²) in [5, 5.41) is 3.41. The molecule has 5 nitrogen and oxygen atoms in total. The number of benzene rings is 1. The van der Waals surface area contributed by atoms with Crippen LogP contribution in [0, 0.1) is 0 Å². The zero-order chi connectivity index (χ0) is 14.8. The maximum absolute atomic E-state index is 12.4. The van der Waals surface area contributed by atoms with Crippen molar-refractivity contribution >= 4 is 44.4 Å². The molecule has 1 atom stereocenters. The molecule has 2 aromatic rings. The fraction of sp³-hybridized carbons (Fsp3) is 0.167. The summed E-state index contributed by atoms with van der Waals surface area (Å²) in [6.07, 6.45) is 2.97. The molecule has 0 spiro atoms. The normalized spacial score (nSPS) is 13.6. The van der Waals surface area contributed by atoms with E-state index in [9.17, 15) is 4.21 Å². The maximum atomic E-state index is 12.4. The summed E-state index contributed by atoms with van der Waals surface area (Å²) < 4.78 is 16.3. The fourth-order valence-electron chi connectivity index (χ4n) is 1.56. The quantitative estimate of drug-likeness (QED) is 0.873. The summed E-state index contributed by atoms with van der Waals surface area (Å²) in [5.41, 5.74) is 0.613. The van der Waals surface area contributed by atoms with Gasteiger partial charge >= 0.3 is 0 Å². The zero-order valence-corrected chi connectivity index (χ0v) is 13.1. The van der Waals surface area contributed by atoms with Crippen LogP contribution in [0.25, 0.3) is 0 Å². The van der Waals surface area contributed by atoms with Crippen molar-refractivity contribution in [2.45, 2.75) is 4.90 Å². The molecule has 1 aromatic carbocycles. The van der Waals surface area contributed by atoms with Gasteiger partial charge in [-0.25, -0.2) is 13.6 Å². The largest absolute Gasteiger partial charge is 0.338 e. The highest BCUT2D eigenvalue weighted by atomic mass is 35.5. The van der Waals surface area contributed by atoms with Crippen molar-refractivity contribution in [3.8, 4) is 0 Å². The number of aromatic nitrogens is 2. The summed E-state index contributed by atoms with van der Waals surface area (Å²) in [5.74, 6) is 0.352. The van der Waals surface area contributed by atoms with Gasteiger partial charge in [0, 0.05) is 13.3 Å². The van der Waals surface area contributed by atoms with Gasteiger partial charge in [-0.2, -0.15) is 4.98 Å². The van der Waals surface area contributed by atoms with Gasteiger partial charge in [-0.3, -0.25) is 0 Å². The van der Waals surface area contributed by atoms with Crippen LogP contribution in [0.3, 0.4) is 0 Å². The van der Waals surface area contributed by atoms with Gasteiger partial charge < -0.3 is 5.32 Å². The number of halogens is 2. The van der Waals surface area contributed by atoms with Gasteiger partial charge in [0.2, 0.25) is 5.28 Å². The summed E-state index contributed by atoms with van der Waals surface area (Å²) in [4.78, 5) is 8.36. The number of nitrogens with one attached hydrogen (secondary N) is 1. The SMILES string of the molecule is CN=S(C)(=O)c1ccccc1Nc1nc(Cl)ncc1Cl. The standard InChI is InChI=1S/C12H12Cl2N4OS/c1-15-20(2,19)10-6-4-3-5-9(10)17-11-8(13)7-16-12(14)18-11/h3-7H,1-2H3,(H,16,17,18). The van der Waals surface area contributed by atoms with E-state index in [1.807, 2.05) is 6.07 Å². The lowest BCUT2D eigenvalue weighted by molar-refractivity contribution is 0.680. The van der Waals surface area contributed by atoms with Crippen molar-refractivity contribution in [3.63, 3.8) is 0 Å². The van der Waals surface area contributed by atoms with Crippen molar-refractivity contribution < 1.29 is 4.21 Å². The van der Waals surface area contributed by atoms with Crippen molar-refractivity contribution in [2.75, 3.05) is 18.6 Å². The topological polar surface area (TPSA) is 67.2 Å². The first kappa shape index (κ1) is 15.0. The molecule has 0 amide bonds. The second-order valence-corrected chi connectivity index (χ2v) is 7.10. The number of para-hydroxylation sites is 1. The Bertz CT molecular complexity index is 757. The highest BCUT2D eigenvalue weighted by Gasteiger charge is 2.13. The van der Waals surface area contributed by atoms with Gasteiger partial charge in [-0.15, -0.1) is 0 Å². The van der Waals surface area contributed by atoms with Gasteiger partial charge in [-0.1, -0.05) is 23.7 Å². The molecule has 20 heavy (non-hydrogen) atoms. The molecule has 8 heteroatoms. The molecule has 1 aromatic heterocycles. The monoisotopic (exact) mass is 330 g/mol. The van der Waals surface area contributed by atoms with Crippen LogP contribution in [0.4, 0.5) is 11.5 Å². The Morgan fingerprint density at radius 2 is 2.00 bits per heavy atom. The first-order valence-corrected chi connectivity index (χ1v) is 8.26. The lowest BCUT2D eigenvalue weighted by Crippen LogP contribution is -2.04. The Labute approximate surface area is 127 Å². The molecular weight excluding hydrogens is 319 g/mol. The number of hydrogen-bond acceptors (Lipinski definition) is 5. The third kappa shape index (κ3) is 3.20. The zero-order valence-electron chi connectivity index (χ0n) is 10.8. The smallest absolute Gasteiger partial charge is 0.224 e. The minimum Gasteiger partial charge on any atom is -0.338 e. The molecule has 0 fully saturated rings. The van der Waals surface area contributed by atoms with Crippen LogP contribution >= 0.6 is 23.2 Å². The summed E-state index contributed by atoms with van der Waals surface area (Å²) >= 11 is 11.7. The average molecular weight is 331 g/mol. The molecule has 1 N–H and O–H groups in total. The first-order chi connectivity index (χ1) is 9.44. The number of nitrogens with zero attached hydrogens (tertiary/aromatic N) is 3. The van der Waals surface area contributed by atoms with E-state index in [-0.39, 0.29) is 5.28 Å². The lowest BCUT2D eigenvalue weighted by Gasteiger charge is -2.13. The van der Waals surface area contributed by atoms with E-state index >= 15 is 0 Å². The van der Waals surface area contributed by atoms with E-state index in [2.05, 4.69) is 19.6 Å². The van der Waals surface area contributed by atoms with E-state index in [4.69, 9.17) is 23.2 Å². The molecule has 0 aliphatic heterocycles. The minimum absolute atomic E-state index is 0.0757. The number of hydrogen-bond donors (Lipinski definition) is 1. The van der Waals surface area contributed by atoms with Gasteiger partial charge in [0.25, 0.3) is 0 Å². The second kappa shape index (κ2) is 5.95. The van der Waals surface area contributed by atoms with Crippen molar-refractivity contribution in [2.24, 2.45) is 4.36 Å². The predicted molar refractivity (Wildman–Crippen MR) is 82.5 cm³/mol. The minimum atomic E-state index is -2.48. The third-order valence-electron chi connectivity index (χ3n) is 2.61. The molecule has 106 valence electrons. The molecule has 1 heterocycles. The van der Waals surface area contributed by atoms with Crippen LogP contribution in [0.15, 0.2) is 39.7 Å². The molecule has 0 bridgehead atoms. The third-order valence-corrected chi connectivity index (χ3v) is 4.94. The number of rotatable bonds is 3. The van der Waals surface area contributed by atoms with E-state index in [1.54, 1.807) is 24.5 Å². The molecule has 0 saturated carbocycles. The van der Waals surface area contributed by atoms with Gasteiger partial charge in [-0.05, 0) is 23.7 Å². The molecule has 0 aliphatic carbocycles. The fourth-order valence-corrected chi connectivity index (χ4v) is 2.89. The molecule has 2 rings (SSSR count). The Hall–Kier alpha value is -1.37. The van der Waals surface area contributed by atoms with Crippen molar-refractivity contribution in [3.05, 3.63) is 40.8 Å². The molecule has 0 saturated heterocycles. The van der Waals surface area contributed by atoms with Crippen LogP contribution in [0.2, 0.25) is 10.3 Å². The summed E-state index contributed by atoms with van der Waals surface area (Å²) in [6.45, 7) is 0. The number of anilines is 2. The Balaban J connectivity index is 2.50. The Kier molecular flexibility index (Phi) is 4.47.